The van der Waals surface area contributed by atoms with Gasteiger partial charge >= 0.3 is 0 Å². The van der Waals surface area contributed by atoms with Crippen molar-refractivity contribution in [1.29, 1.82) is 0 Å². The second kappa shape index (κ2) is 3.61. The highest BCUT2D eigenvalue weighted by Gasteiger charge is 2.18. The van der Waals surface area contributed by atoms with Gasteiger partial charge in [0.15, 0.2) is 0 Å². The standard InChI is InChI=1S/C10H10N2O3/c1-15-6-2-3-7-8(4-6)12-10(14)5-9(13)11-7/h2-4H,5H2,1H3,(H,11,13)(H,12,14). The van der Waals surface area contributed by atoms with Crippen LogP contribution in [0.15, 0.2) is 18.2 Å². The molecule has 2 N–H and O–H groups in total. The van der Waals surface area contributed by atoms with Gasteiger partial charge in [0.25, 0.3) is 0 Å². The maximum atomic E-state index is 11.2. The van der Waals surface area contributed by atoms with Gasteiger partial charge in [0.1, 0.15) is 12.2 Å². The van der Waals surface area contributed by atoms with Gasteiger partial charge in [-0.2, -0.15) is 0 Å². The first kappa shape index (κ1) is 9.51. The van der Waals surface area contributed by atoms with Gasteiger partial charge < -0.3 is 15.4 Å². The molecule has 0 aliphatic carbocycles. The normalized spacial score (nSPS) is 14.7. The minimum absolute atomic E-state index is 0.156. The summed E-state index contributed by atoms with van der Waals surface area (Å²) >= 11 is 0. The first-order chi connectivity index (χ1) is 7.19. The second-order valence-electron chi connectivity index (χ2n) is 3.18. The number of carbonyl (C=O) groups excluding carboxylic acids is 2. The Hall–Kier alpha value is -2.04. The van der Waals surface area contributed by atoms with Crippen molar-refractivity contribution in [2.75, 3.05) is 17.7 Å². The monoisotopic (exact) mass is 206 g/mol. The number of methoxy groups -OCH3 is 1. The molecule has 0 radical (unpaired) electrons. The van der Waals surface area contributed by atoms with Crippen LogP contribution >= 0.6 is 0 Å². The molecule has 0 bridgehead atoms. The SMILES string of the molecule is COc1ccc2c(c1)NC(=O)CC(=O)N2. The fraction of sp³-hybridized carbons (Fsp3) is 0.200. The quantitative estimate of drug-likeness (QED) is 0.673. The van der Waals surface area contributed by atoms with Gasteiger partial charge in [-0.3, -0.25) is 9.59 Å². The molecule has 0 unspecified atom stereocenters. The van der Waals surface area contributed by atoms with Crippen molar-refractivity contribution in [3.63, 3.8) is 0 Å². The minimum Gasteiger partial charge on any atom is -0.497 e. The average molecular weight is 206 g/mol. The topological polar surface area (TPSA) is 67.4 Å². The maximum Gasteiger partial charge on any atom is 0.233 e. The van der Waals surface area contributed by atoms with E-state index in [4.69, 9.17) is 4.74 Å². The summed E-state index contributed by atoms with van der Waals surface area (Å²) in [5.41, 5.74) is 1.15. The average Bonchev–Trinajstić information content (AvgIpc) is 2.33. The van der Waals surface area contributed by atoms with Gasteiger partial charge in [-0.15, -0.1) is 0 Å². The van der Waals surface area contributed by atoms with Crippen LogP contribution in [0.2, 0.25) is 0 Å². The number of ether oxygens (including phenoxy) is 1. The molecule has 0 saturated carbocycles. The van der Waals surface area contributed by atoms with E-state index in [1.165, 1.54) is 0 Å². The number of rotatable bonds is 1. The Bertz CT molecular complexity index is 429. The third-order valence-corrected chi connectivity index (χ3v) is 2.10. The zero-order valence-corrected chi connectivity index (χ0v) is 8.16. The smallest absolute Gasteiger partial charge is 0.233 e. The molecule has 0 aromatic heterocycles. The van der Waals surface area contributed by atoms with Gasteiger partial charge in [-0.05, 0) is 12.1 Å². The van der Waals surface area contributed by atoms with Gasteiger partial charge in [0, 0.05) is 6.07 Å². The number of hydrogen-bond acceptors (Lipinski definition) is 3. The van der Waals surface area contributed by atoms with Gasteiger partial charge in [-0.1, -0.05) is 0 Å². The van der Waals surface area contributed by atoms with Crippen LogP contribution in [0.5, 0.6) is 5.75 Å². The van der Waals surface area contributed by atoms with Crippen molar-refractivity contribution in [3.05, 3.63) is 18.2 Å². The first-order valence-electron chi connectivity index (χ1n) is 4.47. The molecule has 1 aromatic rings. The molecule has 1 aliphatic heterocycles. The van der Waals surface area contributed by atoms with Crippen LogP contribution in [0.3, 0.4) is 0 Å². The molecule has 1 heterocycles. The van der Waals surface area contributed by atoms with E-state index in [1.54, 1.807) is 25.3 Å². The van der Waals surface area contributed by atoms with E-state index in [9.17, 15) is 9.59 Å². The van der Waals surface area contributed by atoms with E-state index in [0.717, 1.165) is 0 Å². The Morgan fingerprint density at radius 1 is 1.13 bits per heavy atom. The first-order valence-corrected chi connectivity index (χ1v) is 4.47. The zero-order chi connectivity index (χ0) is 10.8. The van der Waals surface area contributed by atoms with Crippen LogP contribution in [-0.2, 0) is 9.59 Å². The van der Waals surface area contributed by atoms with Crippen molar-refractivity contribution in [3.8, 4) is 5.75 Å². The summed E-state index contributed by atoms with van der Waals surface area (Å²) in [5, 5.41) is 5.25. The predicted octanol–water partition coefficient (Wildman–Crippen LogP) is 0.976. The summed E-state index contributed by atoms with van der Waals surface area (Å²) in [6.07, 6.45) is -0.156. The van der Waals surface area contributed by atoms with Gasteiger partial charge in [0.2, 0.25) is 11.8 Å². The van der Waals surface area contributed by atoms with Crippen LogP contribution in [0.4, 0.5) is 11.4 Å². The molecular formula is C10H10N2O3. The molecule has 78 valence electrons. The number of fused-ring (bicyclic) bond motifs is 1. The molecule has 2 rings (SSSR count). The predicted molar refractivity (Wildman–Crippen MR) is 54.9 cm³/mol. The number of benzene rings is 1. The van der Waals surface area contributed by atoms with E-state index >= 15 is 0 Å². The number of amides is 2. The van der Waals surface area contributed by atoms with Gasteiger partial charge in [-0.25, -0.2) is 0 Å². The third kappa shape index (κ3) is 1.90. The summed E-state index contributed by atoms with van der Waals surface area (Å²) in [6, 6.07) is 5.08. The fourth-order valence-electron chi connectivity index (χ4n) is 1.40. The highest BCUT2D eigenvalue weighted by Crippen LogP contribution is 2.28. The molecular weight excluding hydrogens is 196 g/mol. The summed E-state index contributed by atoms with van der Waals surface area (Å²) in [5.74, 6) is 0.00104. The molecule has 0 fully saturated rings. The lowest BCUT2D eigenvalue weighted by Gasteiger charge is -2.08. The highest BCUT2D eigenvalue weighted by atomic mass is 16.5. The molecule has 1 aliphatic rings. The molecule has 5 nitrogen and oxygen atoms in total. The van der Waals surface area contributed by atoms with E-state index in [-0.39, 0.29) is 18.2 Å². The fourth-order valence-corrected chi connectivity index (χ4v) is 1.40. The molecule has 0 atom stereocenters. The summed E-state index contributed by atoms with van der Waals surface area (Å²) in [4.78, 5) is 22.5. The van der Waals surface area contributed by atoms with Crippen LogP contribution in [-0.4, -0.2) is 18.9 Å². The Kier molecular flexibility index (Phi) is 2.29. The lowest BCUT2D eigenvalue weighted by Crippen LogP contribution is -2.16. The Morgan fingerprint density at radius 2 is 1.80 bits per heavy atom. The summed E-state index contributed by atoms with van der Waals surface area (Å²) < 4.78 is 5.02. The Morgan fingerprint density at radius 3 is 2.47 bits per heavy atom. The Balaban J connectivity index is 2.42. The maximum absolute atomic E-state index is 11.2. The van der Waals surface area contributed by atoms with E-state index in [0.29, 0.717) is 17.1 Å². The van der Waals surface area contributed by atoms with E-state index in [1.807, 2.05) is 0 Å². The molecule has 2 amide bonds. The lowest BCUT2D eigenvalue weighted by atomic mass is 10.2. The summed E-state index contributed by atoms with van der Waals surface area (Å²) in [6.45, 7) is 0. The van der Waals surface area contributed by atoms with Crippen LogP contribution in [0.1, 0.15) is 6.42 Å². The van der Waals surface area contributed by atoms with Crippen molar-refractivity contribution in [2.45, 2.75) is 6.42 Å². The minimum atomic E-state index is -0.320. The van der Waals surface area contributed by atoms with Crippen LogP contribution < -0.4 is 15.4 Å². The third-order valence-electron chi connectivity index (χ3n) is 2.10. The lowest BCUT2D eigenvalue weighted by molar-refractivity contribution is -0.123. The number of hydrogen-bond donors (Lipinski definition) is 2. The van der Waals surface area contributed by atoms with Crippen molar-refractivity contribution in [1.82, 2.24) is 0 Å². The van der Waals surface area contributed by atoms with Crippen molar-refractivity contribution >= 4 is 23.2 Å². The van der Waals surface area contributed by atoms with Crippen molar-refractivity contribution in [2.24, 2.45) is 0 Å². The van der Waals surface area contributed by atoms with E-state index < -0.39 is 0 Å². The van der Waals surface area contributed by atoms with Crippen LogP contribution in [0.25, 0.3) is 0 Å². The highest BCUT2D eigenvalue weighted by molar-refractivity contribution is 6.13. The van der Waals surface area contributed by atoms with E-state index in [2.05, 4.69) is 10.6 Å². The molecule has 15 heavy (non-hydrogen) atoms. The number of anilines is 2. The molecule has 0 spiro atoms. The number of nitrogens with one attached hydrogen (secondary N) is 2. The zero-order valence-electron chi connectivity index (χ0n) is 8.16. The number of carbonyl (C=O) groups is 2. The molecule has 0 saturated heterocycles. The largest absolute Gasteiger partial charge is 0.497 e. The van der Waals surface area contributed by atoms with Crippen LogP contribution in [0, 0.1) is 0 Å². The van der Waals surface area contributed by atoms with Gasteiger partial charge in [0.05, 0.1) is 18.5 Å². The second-order valence-corrected chi connectivity index (χ2v) is 3.18. The molecule has 5 heteroatoms. The molecule has 1 aromatic carbocycles. The Labute approximate surface area is 86.4 Å². The summed E-state index contributed by atoms with van der Waals surface area (Å²) in [7, 11) is 1.54. The van der Waals surface area contributed by atoms with Crippen molar-refractivity contribution < 1.29 is 14.3 Å².